The first-order chi connectivity index (χ1) is 11.5. The van der Waals surface area contributed by atoms with Crippen LogP contribution in [-0.4, -0.2) is 21.7 Å². The number of rotatable bonds is 2. The van der Waals surface area contributed by atoms with E-state index in [4.69, 9.17) is 34.3 Å². The van der Waals surface area contributed by atoms with Gasteiger partial charge in [0.05, 0.1) is 27.0 Å². The highest BCUT2D eigenvalue weighted by molar-refractivity contribution is 7.74. The highest BCUT2D eigenvalue weighted by Crippen LogP contribution is 2.24. The molecule has 0 aliphatic heterocycles. The lowest BCUT2D eigenvalue weighted by Gasteiger charge is -2.00. The molecule has 0 aliphatic carbocycles. The van der Waals surface area contributed by atoms with Crippen molar-refractivity contribution in [2.45, 2.75) is 6.92 Å². The molecule has 0 fully saturated rings. The number of fused-ring (bicyclic) bond motifs is 2. The van der Waals surface area contributed by atoms with Crippen molar-refractivity contribution >= 4 is 67.5 Å². The number of aromatic nitrogens is 2. The number of hydrogen-bond acceptors (Lipinski definition) is 6. The normalized spacial score (nSPS) is 10.5. The second-order valence-electron chi connectivity index (χ2n) is 4.80. The summed E-state index contributed by atoms with van der Waals surface area (Å²) in [5.74, 6) is 1.18. The second kappa shape index (κ2) is 7.43. The number of aromatic hydroxyl groups is 1. The first-order valence-corrected chi connectivity index (χ1v) is 9.57. The molecule has 24 heavy (non-hydrogen) atoms. The highest BCUT2D eigenvalue weighted by atomic mass is 32.2. The molecule has 3 N–H and O–H groups in total. The van der Waals surface area contributed by atoms with Crippen LogP contribution in [0.4, 0.5) is 0 Å². The Morgan fingerprint density at radius 1 is 0.958 bits per heavy atom. The molecule has 0 amide bonds. The minimum Gasteiger partial charge on any atom is -0.508 e. The van der Waals surface area contributed by atoms with Gasteiger partial charge >= 0.3 is 0 Å². The van der Waals surface area contributed by atoms with E-state index in [1.165, 1.54) is 11.3 Å². The van der Waals surface area contributed by atoms with E-state index < -0.39 is 0 Å². The van der Waals surface area contributed by atoms with Crippen LogP contribution in [-0.2, 0) is 0 Å². The first-order valence-electron chi connectivity index (χ1n) is 7.12. The minimum absolute atomic E-state index is 0.280. The van der Waals surface area contributed by atoms with E-state index in [0.717, 1.165) is 34.1 Å². The van der Waals surface area contributed by atoms with E-state index >= 15 is 0 Å². The van der Waals surface area contributed by atoms with Crippen molar-refractivity contribution in [1.82, 2.24) is 9.97 Å². The van der Waals surface area contributed by atoms with Crippen molar-refractivity contribution in [3.8, 4) is 11.5 Å². The number of aromatic amines is 2. The van der Waals surface area contributed by atoms with Gasteiger partial charge in [-0.2, -0.15) is 0 Å². The maximum Gasteiger partial charge on any atom is 0.159 e. The Kier molecular flexibility index (Phi) is 5.30. The number of thiazole rings is 2. The molecular weight excluding hydrogens is 380 g/mol. The van der Waals surface area contributed by atoms with Gasteiger partial charge in [0, 0.05) is 0 Å². The van der Waals surface area contributed by atoms with Crippen LogP contribution in [0.5, 0.6) is 11.5 Å². The molecule has 0 bridgehead atoms. The SMILES string of the molecule is CCOc1ccc2[nH]c(=S)sc2c1.Oc1ccc2[nH]c(=S)sc2c1. The Labute approximate surface area is 156 Å². The number of phenolic OH excluding ortho intramolecular Hbond substituents is 1. The summed E-state index contributed by atoms with van der Waals surface area (Å²) in [5, 5.41) is 9.10. The fourth-order valence-corrected chi connectivity index (χ4v) is 4.41. The van der Waals surface area contributed by atoms with Crippen molar-refractivity contribution in [3.63, 3.8) is 0 Å². The molecular formula is C16H14N2O2S4. The fourth-order valence-electron chi connectivity index (χ4n) is 2.12. The summed E-state index contributed by atoms with van der Waals surface area (Å²) in [5.41, 5.74) is 2.07. The van der Waals surface area contributed by atoms with Crippen molar-refractivity contribution in [2.75, 3.05) is 6.61 Å². The Hall–Kier alpha value is -1.74. The maximum absolute atomic E-state index is 9.10. The van der Waals surface area contributed by atoms with Gasteiger partial charge in [-0.3, -0.25) is 0 Å². The van der Waals surface area contributed by atoms with Crippen LogP contribution in [0.2, 0.25) is 0 Å². The van der Waals surface area contributed by atoms with Crippen LogP contribution in [0.25, 0.3) is 20.4 Å². The average Bonchev–Trinajstić information content (AvgIpc) is 3.08. The van der Waals surface area contributed by atoms with E-state index in [9.17, 15) is 0 Å². The number of nitrogens with one attached hydrogen (secondary N) is 2. The van der Waals surface area contributed by atoms with Crippen LogP contribution in [0, 0.1) is 7.91 Å². The van der Waals surface area contributed by atoms with Crippen molar-refractivity contribution < 1.29 is 9.84 Å². The molecule has 0 spiro atoms. The number of benzene rings is 2. The molecule has 0 atom stereocenters. The van der Waals surface area contributed by atoms with E-state index in [1.807, 2.05) is 31.2 Å². The molecule has 8 heteroatoms. The quantitative estimate of drug-likeness (QED) is 0.364. The van der Waals surface area contributed by atoms with Crippen LogP contribution >= 0.6 is 47.1 Å². The van der Waals surface area contributed by atoms with Crippen LogP contribution in [0.1, 0.15) is 6.92 Å². The van der Waals surface area contributed by atoms with Crippen LogP contribution < -0.4 is 4.74 Å². The monoisotopic (exact) mass is 394 g/mol. The number of H-pyrrole nitrogens is 2. The summed E-state index contributed by atoms with van der Waals surface area (Å²) in [6.45, 7) is 2.67. The van der Waals surface area contributed by atoms with Crippen molar-refractivity contribution in [1.29, 1.82) is 0 Å². The molecule has 2 aromatic carbocycles. The summed E-state index contributed by atoms with van der Waals surface area (Å²) < 4.78 is 9.08. The third kappa shape index (κ3) is 4.02. The van der Waals surface area contributed by atoms with Gasteiger partial charge in [0.15, 0.2) is 7.91 Å². The summed E-state index contributed by atoms with van der Waals surface area (Å²) in [4.78, 5) is 6.11. The van der Waals surface area contributed by atoms with E-state index in [-0.39, 0.29) is 5.75 Å². The zero-order valence-corrected chi connectivity index (χ0v) is 15.9. The van der Waals surface area contributed by atoms with Gasteiger partial charge in [-0.25, -0.2) is 0 Å². The molecule has 0 radical (unpaired) electrons. The molecule has 4 rings (SSSR count). The summed E-state index contributed by atoms with van der Waals surface area (Å²) in [7, 11) is 0. The molecule has 124 valence electrons. The first kappa shape index (κ1) is 17.1. The van der Waals surface area contributed by atoms with Gasteiger partial charge in [-0.05, 0) is 67.8 Å². The fraction of sp³-hybridized carbons (Fsp3) is 0.125. The van der Waals surface area contributed by atoms with Gasteiger partial charge in [-0.15, -0.1) is 22.7 Å². The standard InChI is InChI=1S/C9H9NOS2.C7H5NOS2/c1-2-11-6-3-4-7-8(5-6)13-9(12)10-7;9-4-1-2-5-6(3-4)11-7(10)8-5/h3-5H,2H2,1H3,(H,10,12);1-3,9H,(H,8,10). The number of phenols is 1. The van der Waals surface area contributed by atoms with Gasteiger partial charge in [0.25, 0.3) is 0 Å². The second-order valence-corrected chi connectivity index (χ2v) is 8.24. The lowest BCUT2D eigenvalue weighted by Crippen LogP contribution is -1.89. The molecule has 2 aromatic heterocycles. The van der Waals surface area contributed by atoms with Gasteiger partial charge < -0.3 is 19.8 Å². The van der Waals surface area contributed by atoms with Gasteiger partial charge in [0.1, 0.15) is 11.5 Å². The third-order valence-corrected chi connectivity index (χ3v) is 5.50. The highest BCUT2D eigenvalue weighted by Gasteiger charge is 1.99. The number of hydrogen-bond donors (Lipinski definition) is 3. The van der Waals surface area contributed by atoms with Crippen molar-refractivity contribution in [3.05, 3.63) is 44.3 Å². The Morgan fingerprint density at radius 2 is 1.54 bits per heavy atom. The number of ether oxygens (including phenoxy) is 1. The summed E-state index contributed by atoms with van der Waals surface area (Å²) >= 11 is 13.0. The van der Waals surface area contributed by atoms with Crippen molar-refractivity contribution in [2.24, 2.45) is 0 Å². The predicted molar refractivity (Wildman–Crippen MR) is 107 cm³/mol. The van der Waals surface area contributed by atoms with Crippen LogP contribution in [0.15, 0.2) is 36.4 Å². The Bertz CT molecular complexity index is 1090. The molecule has 4 nitrogen and oxygen atoms in total. The predicted octanol–water partition coefficient (Wildman–Crippen LogP) is 6.02. The molecule has 0 aliphatic rings. The molecule has 0 saturated carbocycles. The average molecular weight is 395 g/mol. The lowest BCUT2D eigenvalue weighted by atomic mass is 10.3. The topological polar surface area (TPSA) is 61.0 Å². The largest absolute Gasteiger partial charge is 0.508 e. The minimum atomic E-state index is 0.280. The molecule has 0 unspecified atom stereocenters. The summed E-state index contributed by atoms with van der Waals surface area (Å²) in [6.07, 6.45) is 0. The van der Waals surface area contributed by atoms with E-state index in [1.54, 1.807) is 23.5 Å². The molecule has 2 heterocycles. The third-order valence-electron chi connectivity index (χ3n) is 3.11. The lowest BCUT2D eigenvalue weighted by molar-refractivity contribution is 0.341. The Morgan fingerprint density at radius 3 is 2.17 bits per heavy atom. The summed E-state index contributed by atoms with van der Waals surface area (Å²) in [6, 6.07) is 11.1. The van der Waals surface area contributed by atoms with E-state index in [2.05, 4.69) is 9.97 Å². The van der Waals surface area contributed by atoms with Gasteiger partial charge in [0.2, 0.25) is 0 Å². The zero-order chi connectivity index (χ0) is 17.1. The maximum atomic E-state index is 9.10. The molecule has 0 saturated heterocycles. The zero-order valence-electron chi connectivity index (χ0n) is 12.7. The Balaban J connectivity index is 0.000000143. The smallest absolute Gasteiger partial charge is 0.159 e. The van der Waals surface area contributed by atoms with Crippen LogP contribution in [0.3, 0.4) is 0 Å². The molecule has 4 aromatic rings. The van der Waals surface area contributed by atoms with E-state index in [0.29, 0.717) is 6.61 Å². The van der Waals surface area contributed by atoms with Gasteiger partial charge in [-0.1, -0.05) is 0 Å².